The highest BCUT2D eigenvalue weighted by Gasteiger charge is 2.21. The van der Waals surface area contributed by atoms with Crippen LogP contribution in [0.2, 0.25) is 0 Å². The summed E-state index contributed by atoms with van der Waals surface area (Å²) in [7, 11) is 1.28. The third kappa shape index (κ3) is 11.0. The number of hydrogen-bond acceptors (Lipinski definition) is 9. The zero-order valence-corrected chi connectivity index (χ0v) is 20.1. The van der Waals surface area contributed by atoms with Gasteiger partial charge in [-0.1, -0.05) is 33.8 Å². The Bertz CT molecular complexity index is 806. The van der Waals surface area contributed by atoms with Crippen LogP contribution in [0.5, 0.6) is 11.5 Å². The normalized spacial score (nSPS) is 11.6. The predicted molar refractivity (Wildman–Crippen MR) is 121 cm³/mol. The van der Waals surface area contributed by atoms with Crippen LogP contribution in [0.4, 0.5) is 0 Å². The molecule has 0 heterocycles. The van der Waals surface area contributed by atoms with Crippen LogP contribution in [0, 0.1) is 5.92 Å². The largest absolute Gasteiger partial charge is 0.468 e. The van der Waals surface area contributed by atoms with Gasteiger partial charge in [0.1, 0.15) is 12.6 Å². The molecule has 33 heavy (non-hydrogen) atoms. The number of hydrogen-bond donors (Lipinski definition) is 1. The zero-order chi connectivity index (χ0) is 24.8. The molecule has 184 valence electrons. The van der Waals surface area contributed by atoms with Gasteiger partial charge in [-0.2, -0.15) is 0 Å². The van der Waals surface area contributed by atoms with Crippen LogP contribution < -0.4 is 14.8 Å². The highest BCUT2D eigenvalue weighted by atomic mass is 16.6. The Morgan fingerprint density at radius 3 is 2.15 bits per heavy atom. The van der Waals surface area contributed by atoms with E-state index in [2.05, 4.69) is 5.32 Å². The molecule has 0 amide bonds. The van der Waals surface area contributed by atoms with Crippen molar-refractivity contribution in [2.24, 2.45) is 5.92 Å². The molecule has 0 saturated heterocycles. The van der Waals surface area contributed by atoms with Crippen molar-refractivity contribution in [3.8, 4) is 11.5 Å². The van der Waals surface area contributed by atoms with E-state index in [9.17, 15) is 19.2 Å². The van der Waals surface area contributed by atoms with Gasteiger partial charge >= 0.3 is 23.9 Å². The van der Waals surface area contributed by atoms with Gasteiger partial charge in [-0.25, -0.2) is 0 Å². The van der Waals surface area contributed by atoms with Crippen molar-refractivity contribution in [2.75, 3.05) is 20.3 Å². The van der Waals surface area contributed by atoms with Crippen LogP contribution in [0.15, 0.2) is 18.2 Å². The van der Waals surface area contributed by atoms with Crippen LogP contribution in [-0.4, -0.2) is 50.2 Å². The first-order valence-electron chi connectivity index (χ1n) is 11.2. The van der Waals surface area contributed by atoms with Gasteiger partial charge in [0, 0.05) is 25.8 Å². The molecular weight excluding hydrogens is 430 g/mol. The summed E-state index contributed by atoms with van der Waals surface area (Å²) >= 11 is 0. The molecular formula is C24H35NO8. The number of carbonyl (C=O) groups excluding carboxylic acids is 4. The lowest BCUT2D eigenvalue weighted by Crippen LogP contribution is -2.41. The van der Waals surface area contributed by atoms with E-state index in [0.29, 0.717) is 17.9 Å². The second kappa shape index (κ2) is 15.0. The molecule has 0 radical (unpaired) electrons. The molecule has 0 spiro atoms. The summed E-state index contributed by atoms with van der Waals surface area (Å²) in [5.41, 5.74) is 0.655. The van der Waals surface area contributed by atoms with E-state index in [0.717, 1.165) is 6.42 Å². The van der Waals surface area contributed by atoms with Crippen molar-refractivity contribution in [3.63, 3.8) is 0 Å². The summed E-state index contributed by atoms with van der Waals surface area (Å²) in [4.78, 5) is 47.4. The molecule has 0 aromatic heterocycles. The maximum atomic E-state index is 12.2. The summed E-state index contributed by atoms with van der Waals surface area (Å²) in [6.45, 7) is 7.75. The summed E-state index contributed by atoms with van der Waals surface area (Å²) in [5, 5.41) is 3.02. The van der Waals surface area contributed by atoms with Crippen molar-refractivity contribution >= 4 is 23.9 Å². The Balaban J connectivity index is 2.83. The smallest absolute Gasteiger partial charge is 0.323 e. The van der Waals surface area contributed by atoms with Gasteiger partial charge in [0.15, 0.2) is 11.5 Å². The van der Waals surface area contributed by atoms with Crippen LogP contribution >= 0.6 is 0 Å². The number of methoxy groups -OCH3 is 1. The van der Waals surface area contributed by atoms with Gasteiger partial charge in [0.25, 0.3) is 0 Å². The number of benzene rings is 1. The van der Waals surface area contributed by atoms with E-state index in [4.69, 9.17) is 18.9 Å². The molecule has 1 rings (SSSR count). The maximum Gasteiger partial charge on any atom is 0.323 e. The first-order chi connectivity index (χ1) is 15.7. The average molecular weight is 466 g/mol. The highest BCUT2D eigenvalue weighted by Crippen LogP contribution is 2.30. The van der Waals surface area contributed by atoms with E-state index >= 15 is 0 Å². The fourth-order valence-corrected chi connectivity index (χ4v) is 2.73. The SMILES string of the molecule is CCC(=O)Oc1ccc(C[C@H](NCCOC(=O)CCC(C)C)C(=O)OC)cc1OC(=O)CC. The van der Waals surface area contributed by atoms with E-state index in [1.165, 1.54) is 13.2 Å². The Hall–Kier alpha value is -2.94. The Morgan fingerprint density at radius 1 is 0.939 bits per heavy atom. The van der Waals surface area contributed by atoms with Crippen molar-refractivity contribution in [2.45, 2.75) is 65.8 Å². The van der Waals surface area contributed by atoms with Crippen LogP contribution in [-0.2, 0) is 35.1 Å². The second-order valence-corrected chi connectivity index (χ2v) is 7.82. The average Bonchev–Trinajstić information content (AvgIpc) is 2.80. The molecule has 0 saturated carbocycles. The fourth-order valence-electron chi connectivity index (χ4n) is 2.73. The van der Waals surface area contributed by atoms with Crippen molar-refractivity contribution < 1.29 is 38.1 Å². The molecule has 0 aliphatic carbocycles. The molecule has 1 N–H and O–H groups in total. The monoisotopic (exact) mass is 465 g/mol. The number of rotatable bonds is 14. The maximum absolute atomic E-state index is 12.2. The van der Waals surface area contributed by atoms with Crippen LogP contribution in [0.3, 0.4) is 0 Å². The lowest BCUT2D eigenvalue weighted by molar-refractivity contribution is -0.144. The molecule has 1 aromatic carbocycles. The predicted octanol–water partition coefficient (Wildman–Crippen LogP) is 2.97. The molecule has 0 bridgehead atoms. The summed E-state index contributed by atoms with van der Waals surface area (Å²) < 4.78 is 20.6. The van der Waals surface area contributed by atoms with Gasteiger partial charge in [0.05, 0.1) is 7.11 Å². The second-order valence-electron chi connectivity index (χ2n) is 7.82. The number of ether oxygens (including phenoxy) is 4. The molecule has 0 unspecified atom stereocenters. The molecule has 0 aliphatic rings. The molecule has 1 aromatic rings. The lowest BCUT2D eigenvalue weighted by Gasteiger charge is -2.18. The minimum atomic E-state index is -0.719. The zero-order valence-electron chi connectivity index (χ0n) is 20.1. The minimum Gasteiger partial charge on any atom is -0.468 e. The molecule has 9 heteroatoms. The molecule has 1 atom stereocenters. The van der Waals surface area contributed by atoms with Gasteiger partial charge in [0.2, 0.25) is 0 Å². The Morgan fingerprint density at radius 2 is 1.58 bits per heavy atom. The topological polar surface area (TPSA) is 117 Å². The fraction of sp³-hybridized carbons (Fsp3) is 0.583. The quantitative estimate of drug-likeness (QED) is 0.251. The third-order valence-corrected chi connectivity index (χ3v) is 4.64. The van der Waals surface area contributed by atoms with Gasteiger partial charge in [-0.15, -0.1) is 0 Å². The first-order valence-corrected chi connectivity index (χ1v) is 11.2. The van der Waals surface area contributed by atoms with E-state index in [1.54, 1.807) is 26.0 Å². The number of nitrogens with one attached hydrogen (secondary N) is 1. The van der Waals surface area contributed by atoms with Gasteiger partial charge in [-0.05, 0) is 36.5 Å². The van der Waals surface area contributed by atoms with Gasteiger partial charge in [-0.3, -0.25) is 19.2 Å². The van der Waals surface area contributed by atoms with E-state index in [-0.39, 0.29) is 49.9 Å². The Labute approximate surface area is 195 Å². The summed E-state index contributed by atoms with van der Waals surface area (Å²) in [6.07, 6.45) is 1.64. The van der Waals surface area contributed by atoms with Crippen molar-refractivity contribution in [1.82, 2.24) is 5.32 Å². The summed E-state index contributed by atoms with van der Waals surface area (Å²) in [5.74, 6) is -1.07. The van der Waals surface area contributed by atoms with E-state index < -0.39 is 23.9 Å². The molecule has 9 nitrogen and oxygen atoms in total. The highest BCUT2D eigenvalue weighted by molar-refractivity contribution is 5.77. The standard InChI is InChI=1S/C24H35NO8/c1-6-21(26)32-19-10-9-17(15-20(19)33-22(27)7-2)14-18(24(29)30-5)25-12-13-31-23(28)11-8-16(3)4/h9-10,15-16,18,25H,6-8,11-14H2,1-5H3/t18-/m0/s1. The summed E-state index contributed by atoms with van der Waals surface area (Å²) in [6, 6.07) is 4.02. The van der Waals surface area contributed by atoms with E-state index in [1.807, 2.05) is 13.8 Å². The van der Waals surface area contributed by atoms with Crippen LogP contribution in [0.25, 0.3) is 0 Å². The third-order valence-electron chi connectivity index (χ3n) is 4.64. The number of esters is 4. The van der Waals surface area contributed by atoms with Crippen LogP contribution in [0.1, 0.15) is 58.9 Å². The lowest BCUT2D eigenvalue weighted by atomic mass is 10.1. The molecule has 0 fully saturated rings. The van der Waals surface area contributed by atoms with Crippen molar-refractivity contribution in [1.29, 1.82) is 0 Å². The number of carbonyl (C=O) groups is 4. The van der Waals surface area contributed by atoms with Crippen molar-refractivity contribution in [3.05, 3.63) is 23.8 Å². The minimum absolute atomic E-state index is 0.101. The Kier molecular flexibility index (Phi) is 12.8. The molecule has 0 aliphatic heterocycles. The van der Waals surface area contributed by atoms with Gasteiger partial charge < -0.3 is 24.3 Å². The first kappa shape index (κ1) is 28.1.